The summed E-state index contributed by atoms with van der Waals surface area (Å²) in [5.41, 5.74) is 2.37. The molecule has 0 aliphatic carbocycles. The van der Waals surface area contributed by atoms with Crippen LogP contribution in [-0.2, 0) is 0 Å². The highest BCUT2D eigenvalue weighted by Gasteiger charge is 2.16. The number of rotatable bonds is 6. The highest BCUT2D eigenvalue weighted by atomic mass is 15.3. The molecule has 1 aromatic rings. The van der Waals surface area contributed by atoms with E-state index in [9.17, 15) is 0 Å². The summed E-state index contributed by atoms with van der Waals surface area (Å²) in [5.74, 6) is 0.601. The predicted molar refractivity (Wildman–Crippen MR) is 68.7 cm³/mol. The summed E-state index contributed by atoms with van der Waals surface area (Å²) in [6, 6.07) is 2.60. The van der Waals surface area contributed by atoms with Crippen molar-refractivity contribution in [1.29, 1.82) is 0 Å². The maximum Gasteiger partial charge on any atom is 0.0596 e. The molecule has 3 nitrogen and oxygen atoms in total. The van der Waals surface area contributed by atoms with E-state index in [1.807, 2.05) is 0 Å². The molecule has 0 aromatic carbocycles. The molecule has 0 bridgehead atoms. The number of hydrogen-bond donors (Lipinski definition) is 1. The van der Waals surface area contributed by atoms with Crippen LogP contribution in [0.3, 0.4) is 0 Å². The Kier molecular flexibility index (Phi) is 5.00. The van der Waals surface area contributed by atoms with E-state index in [1.165, 1.54) is 12.1 Å². The molecule has 0 radical (unpaired) electrons. The van der Waals surface area contributed by atoms with E-state index in [-0.39, 0.29) is 0 Å². The van der Waals surface area contributed by atoms with Crippen molar-refractivity contribution in [3.05, 3.63) is 17.5 Å². The quantitative estimate of drug-likeness (QED) is 0.751. The topological polar surface area (TPSA) is 29.9 Å². The molecule has 1 N–H and O–H groups in total. The van der Waals surface area contributed by atoms with E-state index in [1.54, 1.807) is 0 Å². The lowest BCUT2D eigenvalue weighted by molar-refractivity contribution is 0.332. The van der Waals surface area contributed by atoms with Crippen LogP contribution in [0.2, 0.25) is 0 Å². The van der Waals surface area contributed by atoms with Crippen molar-refractivity contribution in [2.75, 3.05) is 13.1 Å². The van der Waals surface area contributed by atoms with Crippen molar-refractivity contribution >= 4 is 0 Å². The molecule has 0 spiro atoms. The molecule has 2 atom stereocenters. The van der Waals surface area contributed by atoms with Crippen molar-refractivity contribution in [2.45, 2.75) is 47.1 Å². The molecule has 0 aliphatic rings. The van der Waals surface area contributed by atoms with Crippen LogP contribution in [0.5, 0.6) is 0 Å². The van der Waals surface area contributed by atoms with Gasteiger partial charge in [0.05, 0.1) is 11.7 Å². The molecule has 0 aliphatic heterocycles. The fourth-order valence-corrected chi connectivity index (χ4v) is 1.98. The van der Waals surface area contributed by atoms with Gasteiger partial charge in [-0.15, -0.1) is 0 Å². The zero-order valence-electron chi connectivity index (χ0n) is 11.2. The Morgan fingerprint density at radius 1 is 1.38 bits per heavy atom. The van der Waals surface area contributed by atoms with Crippen LogP contribution in [-0.4, -0.2) is 22.9 Å². The number of hydrogen-bond acceptors (Lipinski definition) is 2. The van der Waals surface area contributed by atoms with E-state index >= 15 is 0 Å². The smallest absolute Gasteiger partial charge is 0.0596 e. The normalized spacial score (nSPS) is 15.1. The minimum atomic E-state index is 0.457. The molecule has 16 heavy (non-hydrogen) atoms. The van der Waals surface area contributed by atoms with Gasteiger partial charge < -0.3 is 5.32 Å². The monoisotopic (exact) mass is 223 g/mol. The number of nitrogens with zero attached hydrogens (tertiary/aromatic N) is 2. The summed E-state index contributed by atoms with van der Waals surface area (Å²) in [4.78, 5) is 0. The summed E-state index contributed by atoms with van der Waals surface area (Å²) < 4.78 is 2.15. The van der Waals surface area contributed by atoms with Gasteiger partial charge in [0, 0.05) is 5.69 Å². The molecular formula is C13H25N3. The van der Waals surface area contributed by atoms with Gasteiger partial charge in [-0.1, -0.05) is 13.8 Å². The Hall–Kier alpha value is -0.830. The van der Waals surface area contributed by atoms with E-state index in [4.69, 9.17) is 0 Å². The van der Waals surface area contributed by atoms with Crippen LogP contribution in [0.15, 0.2) is 6.07 Å². The van der Waals surface area contributed by atoms with Gasteiger partial charge in [0.25, 0.3) is 0 Å². The second-order valence-electron chi connectivity index (χ2n) is 4.79. The lowest BCUT2D eigenvalue weighted by Gasteiger charge is -2.22. The van der Waals surface area contributed by atoms with E-state index in [0.29, 0.717) is 12.0 Å². The standard InChI is InChI=1S/C13H25N3/c1-6-7-14-9-10(2)13(5)16-12(4)8-11(3)15-16/h8,10,13-14H,6-7,9H2,1-5H3. The Morgan fingerprint density at radius 2 is 2.06 bits per heavy atom. The average molecular weight is 223 g/mol. The van der Waals surface area contributed by atoms with Crippen molar-refractivity contribution in [1.82, 2.24) is 15.1 Å². The van der Waals surface area contributed by atoms with E-state index < -0.39 is 0 Å². The zero-order valence-corrected chi connectivity index (χ0v) is 11.2. The van der Waals surface area contributed by atoms with Crippen LogP contribution in [0.4, 0.5) is 0 Å². The Morgan fingerprint density at radius 3 is 2.56 bits per heavy atom. The van der Waals surface area contributed by atoms with Crippen molar-refractivity contribution < 1.29 is 0 Å². The summed E-state index contributed by atoms with van der Waals surface area (Å²) in [6.45, 7) is 13.1. The van der Waals surface area contributed by atoms with Crippen LogP contribution in [0.1, 0.15) is 44.6 Å². The molecule has 1 aromatic heterocycles. The van der Waals surface area contributed by atoms with Gasteiger partial charge in [-0.2, -0.15) is 5.10 Å². The SMILES string of the molecule is CCCNCC(C)C(C)n1nc(C)cc1C. The summed E-state index contributed by atoms with van der Waals surface area (Å²) >= 11 is 0. The van der Waals surface area contributed by atoms with Crippen LogP contribution in [0.25, 0.3) is 0 Å². The first-order valence-corrected chi connectivity index (χ1v) is 6.29. The largest absolute Gasteiger partial charge is 0.316 e. The van der Waals surface area contributed by atoms with Gasteiger partial charge in [0.15, 0.2) is 0 Å². The van der Waals surface area contributed by atoms with Gasteiger partial charge in [-0.25, -0.2) is 0 Å². The average Bonchev–Trinajstić information content (AvgIpc) is 2.57. The van der Waals surface area contributed by atoms with Crippen LogP contribution >= 0.6 is 0 Å². The molecular weight excluding hydrogens is 198 g/mol. The molecule has 0 saturated carbocycles. The van der Waals surface area contributed by atoms with Crippen molar-refractivity contribution in [2.24, 2.45) is 5.92 Å². The number of aryl methyl sites for hydroxylation is 2. The molecule has 92 valence electrons. The zero-order chi connectivity index (χ0) is 12.1. The van der Waals surface area contributed by atoms with Crippen LogP contribution < -0.4 is 5.32 Å². The van der Waals surface area contributed by atoms with Crippen molar-refractivity contribution in [3.8, 4) is 0 Å². The maximum absolute atomic E-state index is 4.55. The molecule has 0 fully saturated rings. The first-order chi connectivity index (χ1) is 7.56. The van der Waals surface area contributed by atoms with Gasteiger partial charge in [-0.05, 0) is 52.3 Å². The van der Waals surface area contributed by atoms with E-state index in [2.05, 4.69) is 55.8 Å². The first-order valence-electron chi connectivity index (χ1n) is 6.29. The fourth-order valence-electron chi connectivity index (χ4n) is 1.98. The summed E-state index contributed by atoms with van der Waals surface area (Å²) in [5, 5.41) is 8.02. The molecule has 0 saturated heterocycles. The third kappa shape index (κ3) is 3.34. The van der Waals surface area contributed by atoms with Gasteiger partial charge in [-0.3, -0.25) is 4.68 Å². The number of aromatic nitrogens is 2. The third-order valence-corrected chi connectivity index (χ3v) is 3.15. The minimum Gasteiger partial charge on any atom is -0.316 e. The Labute approximate surface area is 99.2 Å². The molecule has 1 rings (SSSR count). The maximum atomic E-state index is 4.55. The summed E-state index contributed by atoms with van der Waals surface area (Å²) in [6.07, 6.45) is 1.20. The highest BCUT2D eigenvalue weighted by Crippen LogP contribution is 2.18. The summed E-state index contributed by atoms with van der Waals surface area (Å²) in [7, 11) is 0. The third-order valence-electron chi connectivity index (χ3n) is 3.15. The van der Waals surface area contributed by atoms with Gasteiger partial charge in [0.2, 0.25) is 0 Å². The minimum absolute atomic E-state index is 0.457. The molecule has 3 heteroatoms. The van der Waals surface area contributed by atoms with Crippen LogP contribution in [0, 0.1) is 19.8 Å². The van der Waals surface area contributed by atoms with E-state index in [0.717, 1.165) is 18.8 Å². The lowest BCUT2D eigenvalue weighted by Crippen LogP contribution is -2.28. The molecule has 0 amide bonds. The van der Waals surface area contributed by atoms with Gasteiger partial charge >= 0.3 is 0 Å². The lowest BCUT2D eigenvalue weighted by atomic mass is 10.0. The second-order valence-corrected chi connectivity index (χ2v) is 4.79. The molecule has 1 heterocycles. The first kappa shape index (κ1) is 13.2. The fraction of sp³-hybridized carbons (Fsp3) is 0.769. The molecule has 2 unspecified atom stereocenters. The highest BCUT2D eigenvalue weighted by molar-refractivity contribution is 5.07. The Balaban J connectivity index is 2.56. The van der Waals surface area contributed by atoms with Gasteiger partial charge in [0.1, 0.15) is 0 Å². The number of nitrogens with one attached hydrogen (secondary N) is 1. The Bertz CT molecular complexity index is 317. The van der Waals surface area contributed by atoms with Crippen molar-refractivity contribution in [3.63, 3.8) is 0 Å². The predicted octanol–water partition coefficient (Wildman–Crippen LogP) is 2.70. The second kappa shape index (κ2) is 6.04.